The van der Waals surface area contributed by atoms with Gasteiger partial charge >= 0.3 is 41.5 Å². The van der Waals surface area contributed by atoms with Crippen molar-refractivity contribution in [1.29, 1.82) is 0 Å². The Morgan fingerprint density at radius 3 is 2.06 bits per heavy atom. The summed E-state index contributed by atoms with van der Waals surface area (Å²) in [5.41, 5.74) is 0.376. The number of ether oxygens (including phenoxy) is 2. The molecule has 0 radical (unpaired) electrons. The van der Waals surface area contributed by atoms with Crippen LogP contribution in [0.5, 0.6) is 0 Å². The van der Waals surface area contributed by atoms with Crippen LogP contribution in [0.1, 0.15) is 32.1 Å². The van der Waals surface area contributed by atoms with E-state index in [0.29, 0.717) is 31.6 Å². The first-order valence-corrected chi connectivity index (χ1v) is 5.40. The van der Waals surface area contributed by atoms with Gasteiger partial charge in [0.15, 0.2) is 0 Å². The van der Waals surface area contributed by atoms with Gasteiger partial charge in [-0.05, 0) is 25.7 Å². The van der Waals surface area contributed by atoms with Gasteiger partial charge in [0, 0.05) is 6.42 Å². The molecule has 2 aliphatic rings. The molecule has 2 fully saturated rings. The maximum atomic E-state index is 10.6. The van der Waals surface area contributed by atoms with E-state index >= 15 is 0 Å². The topological polar surface area (TPSA) is 72.8 Å². The van der Waals surface area contributed by atoms with E-state index < -0.39 is 0 Å². The molecule has 0 spiro atoms. The van der Waals surface area contributed by atoms with Gasteiger partial charge < -0.3 is 14.6 Å². The van der Waals surface area contributed by atoms with Crippen molar-refractivity contribution >= 4 is 11.9 Å². The molecular weight excluding hydrogens is 235 g/mol. The zero-order chi connectivity index (χ0) is 11.8. The van der Waals surface area contributed by atoms with Gasteiger partial charge in [0.1, 0.15) is 0 Å². The van der Waals surface area contributed by atoms with Crippen LogP contribution in [-0.2, 0) is 19.1 Å². The van der Waals surface area contributed by atoms with E-state index in [9.17, 15) is 9.59 Å². The van der Waals surface area contributed by atoms with Crippen molar-refractivity contribution in [1.82, 2.24) is 0 Å². The number of esters is 2. The van der Waals surface area contributed by atoms with E-state index in [4.69, 9.17) is 5.11 Å². The smallest absolute Gasteiger partial charge is 0.515 e. The molecule has 2 rings (SSSR count). The number of rotatable bonds is 0. The van der Waals surface area contributed by atoms with Crippen LogP contribution in [0.15, 0.2) is 11.8 Å². The third-order valence-electron chi connectivity index (χ3n) is 2.28. The summed E-state index contributed by atoms with van der Waals surface area (Å²) >= 11 is 0. The molecule has 2 saturated heterocycles. The second kappa shape index (κ2) is 9.50. The fraction of sp³-hybridized carbons (Fsp3) is 0.636. The predicted octanol–water partition coefficient (Wildman–Crippen LogP) is -1.52. The van der Waals surface area contributed by atoms with Crippen molar-refractivity contribution < 1.29 is 53.7 Å². The first-order valence-electron chi connectivity index (χ1n) is 5.40. The van der Waals surface area contributed by atoms with Gasteiger partial charge in [-0.15, -0.1) is 0 Å². The number of aliphatic hydroxyl groups is 1. The standard InChI is InChI=1S/C6H8O3.C5H8O2.Na/c7-4-5-2-1-3-9-6(5)8;6-5-3-1-2-4-7-5;/h4,7H,1-3H2;1-4H2;/q;;+1/b5-4+;;. The molecule has 0 unspecified atom stereocenters. The zero-order valence-corrected chi connectivity index (χ0v) is 12.1. The average molecular weight is 251 g/mol. The molecule has 0 aromatic rings. The quantitative estimate of drug-likeness (QED) is 0.245. The number of carbonyl (C=O) groups excluding carboxylic acids is 2. The summed E-state index contributed by atoms with van der Waals surface area (Å²) < 4.78 is 9.25. The Hall–Kier alpha value is -0.520. The third kappa shape index (κ3) is 6.71. The van der Waals surface area contributed by atoms with E-state index in [-0.39, 0.29) is 41.5 Å². The first-order chi connectivity index (χ1) is 7.74. The summed E-state index contributed by atoms with van der Waals surface area (Å²) in [5.74, 6) is -0.421. The summed E-state index contributed by atoms with van der Waals surface area (Å²) in [7, 11) is 0. The predicted molar refractivity (Wildman–Crippen MR) is 55.7 cm³/mol. The second-order valence-corrected chi connectivity index (χ2v) is 3.57. The van der Waals surface area contributed by atoms with Crippen LogP contribution < -0.4 is 29.6 Å². The van der Waals surface area contributed by atoms with Crippen LogP contribution in [0.4, 0.5) is 0 Å². The van der Waals surface area contributed by atoms with E-state index in [1.54, 1.807) is 0 Å². The summed E-state index contributed by atoms with van der Waals surface area (Å²) in [4.78, 5) is 20.8. The summed E-state index contributed by atoms with van der Waals surface area (Å²) in [6, 6.07) is 0. The SMILES string of the molecule is O=C1CCCCO1.O=C1OCCC/C1=C\O.[Na+]. The second-order valence-electron chi connectivity index (χ2n) is 3.57. The molecule has 0 bridgehead atoms. The number of cyclic esters (lactones) is 2. The average Bonchev–Trinajstić information content (AvgIpc) is 2.31. The fourth-order valence-electron chi connectivity index (χ4n) is 1.37. The Kier molecular flexibility index (Phi) is 9.21. The molecule has 0 aliphatic carbocycles. The Balaban J connectivity index is 0.000000292. The van der Waals surface area contributed by atoms with Crippen molar-refractivity contribution in [3.8, 4) is 0 Å². The first kappa shape index (κ1) is 16.5. The summed E-state index contributed by atoms with van der Waals surface area (Å²) in [6.45, 7) is 1.12. The molecule has 0 saturated carbocycles. The summed E-state index contributed by atoms with van der Waals surface area (Å²) in [6.07, 6.45) is 4.96. The van der Waals surface area contributed by atoms with Gasteiger partial charge in [-0.1, -0.05) is 0 Å². The van der Waals surface area contributed by atoms with Gasteiger partial charge in [-0.3, -0.25) is 4.79 Å². The van der Waals surface area contributed by atoms with Gasteiger partial charge in [-0.25, -0.2) is 4.79 Å². The molecule has 0 atom stereocenters. The molecule has 90 valence electrons. The van der Waals surface area contributed by atoms with Crippen LogP contribution >= 0.6 is 0 Å². The van der Waals surface area contributed by atoms with Crippen LogP contribution in [0.3, 0.4) is 0 Å². The molecule has 6 heteroatoms. The van der Waals surface area contributed by atoms with Crippen molar-refractivity contribution in [3.05, 3.63) is 11.8 Å². The van der Waals surface area contributed by atoms with Gasteiger partial charge in [0.2, 0.25) is 0 Å². The van der Waals surface area contributed by atoms with Gasteiger partial charge in [0.05, 0.1) is 25.0 Å². The molecule has 2 heterocycles. The van der Waals surface area contributed by atoms with Crippen LogP contribution in [0, 0.1) is 0 Å². The number of hydrogen-bond donors (Lipinski definition) is 1. The molecule has 1 N–H and O–H groups in total. The largest absolute Gasteiger partial charge is 1.00 e. The van der Waals surface area contributed by atoms with Crippen molar-refractivity contribution in [2.45, 2.75) is 32.1 Å². The Morgan fingerprint density at radius 2 is 1.71 bits per heavy atom. The third-order valence-corrected chi connectivity index (χ3v) is 2.28. The number of hydrogen-bond acceptors (Lipinski definition) is 5. The molecule has 2 aliphatic heterocycles. The Morgan fingerprint density at radius 1 is 1.00 bits per heavy atom. The van der Waals surface area contributed by atoms with Crippen molar-refractivity contribution in [3.63, 3.8) is 0 Å². The normalized spacial score (nSPS) is 21.5. The van der Waals surface area contributed by atoms with E-state index in [1.807, 2.05) is 0 Å². The Bertz CT molecular complexity index is 280. The maximum Gasteiger partial charge on any atom is 1.00 e. The van der Waals surface area contributed by atoms with Gasteiger partial charge in [-0.2, -0.15) is 0 Å². The van der Waals surface area contributed by atoms with Crippen LogP contribution in [-0.4, -0.2) is 30.3 Å². The van der Waals surface area contributed by atoms with E-state index in [2.05, 4.69) is 9.47 Å². The van der Waals surface area contributed by atoms with E-state index in [1.165, 1.54) is 0 Å². The van der Waals surface area contributed by atoms with Crippen LogP contribution in [0.25, 0.3) is 0 Å². The van der Waals surface area contributed by atoms with Gasteiger partial charge in [0.25, 0.3) is 0 Å². The zero-order valence-electron chi connectivity index (χ0n) is 10.1. The Labute approximate surface area is 122 Å². The van der Waals surface area contributed by atoms with Crippen molar-refractivity contribution in [2.24, 2.45) is 0 Å². The molecule has 0 amide bonds. The molecule has 17 heavy (non-hydrogen) atoms. The molecular formula is C11H16NaO5+. The summed E-state index contributed by atoms with van der Waals surface area (Å²) in [5, 5.41) is 8.40. The molecule has 5 nitrogen and oxygen atoms in total. The minimum atomic E-state index is -0.385. The number of carbonyl (C=O) groups is 2. The molecule has 0 aromatic carbocycles. The molecule has 0 aromatic heterocycles. The fourth-order valence-corrected chi connectivity index (χ4v) is 1.37. The number of aliphatic hydroxyl groups excluding tert-OH is 1. The maximum absolute atomic E-state index is 10.6. The van der Waals surface area contributed by atoms with Crippen LogP contribution in [0.2, 0.25) is 0 Å². The van der Waals surface area contributed by atoms with Crippen molar-refractivity contribution in [2.75, 3.05) is 13.2 Å². The minimum Gasteiger partial charge on any atom is -0.515 e. The van der Waals surface area contributed by atoms with E-state index in [0.717, 1.165) is 25.5 Å². The monoisotopic (exact) mass is 251 g/mol. The minimum absolute atomic E-state index is 0.